The van der Waals surface area contributed by atoms with Crippen molar-refractivity contribution < 1.29 is 19.1 Å². The van der Waals surface area contributed by atoms with E-state index >= 15 is 0 Å². The van der Waals surface area contributed by atoms with Crippen LogP contribution in [0.3, 0.4) is 0 Å². The Morgan fingerprint density at radius 2 is 1.42 bits per heavy atom. The van der Waals surface area contributed by atoms with Gasteiger partial charge in [-0.25, -0.2) is 0 Å². The van der Waals surface area contributed by atoms with Crippen molar-refractivity contribution in [3.8, 4) is 17.2 Å². The summed E-state index contributed by atoms with van der Waals surface area (Å²) in [6.07, 6.45) is 3.70. The predicted octanol–water partition coefficient (Wildman–Crippen LogP) is 4.17. The lowest BCUT2D eigenvalue weighted by molar-refractivity contribution is -0.122. The Hall–Kier alpha value is -2.82. The van der Waals surface area contributed by atoms with Gasteiger partial charge in [-0.3, -0.25) is 14.5 Å². The molecular formula is C21H21NO4. The number of carbonyl (C=O) groups is 2. The SMILES string of the molecule is COc1ccccc1Oc1ccc(N2C(=O)[C@H]3CCCC[C@H]3C2=O)cc1. The Bertz CT molecular complexity index is 806. The highest BCUT2D eigenvalue weighted by molar-refractivity contribution is 6.22. The number of hydrogen-bond donors (Lipinski definition) is 0. The van der Waals surface area contributed by atoms with Crippen molar-refractivity contribution in [3.05, 3.63) is 48.5 Å². The third-order valence-corrected chi connectivity index (χ3v) is 5.23. The molecule has 5 nitrogen and oxygen atoms in total. The maximum absolute atomic E-state index is 12.7. The van der Waals surface area contributed by atoms with Gasteiger partial charge in [-0.05, 0) is 49.2 Å². The average molecular weight is 351 g/mol. The van der Waals surface area contributed by atoms with Gasteiger partial charge in [0.15, 0.2) is 11.5 Å². The number of para-hydroxylation sites is 2. The van der Waals surface area contributed by atoms with Gasteiger partial charge in [0.05, 0.1) is 24.6 Å². The van der Waals surface area contributed by atoms with Crippen molar-refractivity contribution in [3.63, 3.8) is 0 Å². The van der Waals surface area contributed by atoms with Crippen LogP contribution in [0.5, 0.6) is 17.2 Å². The number of methoxy groups -OCH3 is 1. The number of nitrogens with zero attached hydrogens (tertiary/aromatic N) is 1. The standard InChI is InChI=1S/C21H21NO4/c1-25-18-8-4-5-9-19(18)26-15-12-10-14(11-13-15)22-20(23)16-6-2-3-7-17(16)21(22)24/h4-5,8-13,16-17H,2-3,6-7H2,1H3/t16-,17+. The first-order valence-electron chi connectivity index (χ1n) is 8.98. The molecule has 2 fully saturated rings. The van der Waals surface area contributed by atoms with Gasteiger partial charge in [-0.1, -0.05) is 25.0 Å². The second kappa shape index (κ2) is 6.83. The third kappa shape index (κ3) is 2.83. The number of imide groups is 1. The summed E-state index contributed by atoms with van der Waals surface area (Å²) < 4.78 is 11.1. The molecule has 0 bridgehead atoms. The third-order valence-electron chi connectivity index (χ3n) is 5.23. The Morgan fingerprint density at radius 3 is 2.00 bits per heavy atom. The molecule has 0 N–H and O–H groups in total. The molecule has 2 aromatic carbocycles. The second-order valence-corrected chi connectivity index (χ2v) is 6.76. The van der Waals surface area contributed by atoms with Crippen LogP contribution in [0, 0.1) is 11.8 Å². The molecule has 1 saturated heterocycles. The summed E-state index contributed by atoms with van der Waals surface area (Å²) in [5.41, 5.74) is 0.613. The second-order valence-electron chi connectivity index (χ2n) is 6.76. The first kappa shape index (κ1) is 16.6. The number of ether oxygens (including phenoxy) is 2. The van der Waals surface area contributed by atoms with Crippen LogP contribution in [0.2, 0.25) is 0 Å². The number of carbonyl (C=O) groups excluding carboxylic acids is 2. The van der Waals surface area contributed by atoms with Gasteiger partial charge in [0.25, 0.3) is 0 Å². The van der Waals surface area contributed by atoms with Gasteiger partial charge in [-0.15, -0.1) is 0 Å². The van der Waals surface area contributed by atoms with E-state index in [9.17, 15) is 9.59 Å². The normalized spacial score (nSPS) is 22.3. The Balaban J connectivity index is 1.54. The summed E-state index contributed by atoms with van der Waals surface area (Å²) in [5.74, 6) is 1.49. The summed E-state index contributed by atoms with van der Waals surface area (Å²) in [7, 11) is 1.59. The smallest absolute Gasteiger partial charge is 0.237 e. The topological polar surface area (TPSA) is 55.8 Å². The molecule has 0 aromatic heterocycles. The lowest BCUT2D eigenvalue weighted by atomic mass is 9.81. The van der Waals surface area contributed by atoms with Crippen molar-refractivity contribution in [1.29, 1.82) is 0 Å². The van der Waals surface area contributed by atoms with Crippen molar-refractivity contribution in [2.75, 3.05) is 12.0 Å². The number of benzene rings is 2. The van der Waals surface area contributed by atoms with E-state index in [1.807, 2.05) is 24.3 Å². The minimum Gasteiger partial charge on any atom is -0.493 e. The van der Waals surface area contributed by atoms with Crippen LogP contribution in [-0.2, 0) is 9.59 Å². The number of hydrogen-bond acceptors (Lipinski definition) is 4. The fourth-order valence-electron chi connectivity index (χ4n) is 3.91. The Kier molecular flexibility index (Phi) is 4.37. The van der Waals surface area contributed by atoms with E-state index < -0.39 is 0 Å². The summed E-state index contributed by atoms with van der Waals surface area (Å²) in [4.78, 5) is 26.7. The summed E-state index contributed by atoms with van der Waals surface area (Å²) in [6, 6.07) is 14.5. The lowest BCUT2D eigenvalue weighted by Gasteiger charge is -2.19. The monoisotopic (exact) mass is 351 g/mol. The number of rotatable bonds is 4. The average Bonchev–Trinajstić information content (AvgIpc) is 2.94. The molecule has 2 amide bonds. The maximum Gasteiger partial charge on any atom is 0.237 e. The van der Waals surface area contributed by atoms with Crippen LogP contribution in [0.25, 0.3) is 0 Å². The van der Waals surface area contributed by atoms with E-state index in [1.54, 1.807) is 31.4 Å². The van der Waals surface area contributed by atoms with Crippen LogP contribution in [0.15, 0.2) is 48.5 Å². The first-order valence-corrected chi connectivity index (χ1v) is 8.98. The van der Waals surface area contributed by atoms with E-state index in [0.29, 0.717) is 22.9 Å². The lowest BCUT2D eigenvalue weighted by Crippen LogP contribution is -2.30. The van der Waals surface area contributed by atoms with Gasteiger partial charge < -0.3 is 9.47 Å². The molecular weight excluding hydrogens is 330 g/mol. The highest BCUT2D eigenvalue weighted by Crippen LogP contribution is 2.40. The highest BCUT2D eigenvalue weighted by Gasteiger charge is 2.48. The van der Waals surface area contributed by atoms with E-state index in [0.717, 1.165) is 25.7 Å². The van der Waals surface area contributed by atoms with Crippen molar-refractivity contribution in [2.24, 2.45) is 11.8 Å². The molecule has 26 heavy (non-hydrogen) atoms. The predicted molar refractivity (Wildman–Crippen MR) is 97.5 cm³/mol. The minimum absolute atomic E-state index is 0.0573. The van der Waals surface area contributed by atoms with Gasteiger partial charge in [0.1, 0.15) is 5.75 Å². The minimum atomic E-state index is -0.138. The van der Waals surface area contributed by atoms with Crippen LogP contribution >= 0.6 is 0 Å². The summed E-state index contributed by atoms with van der Waals surface area (Å²) >= 11 is 0. The number of fused-ring (bicyclic) bond motifs is 1. The van der Waals surface area contributed by atoms with Crippen LogP contribution in [-0.4, -0.2) is 18.9 Å². The fourth-order valence-corrected chi connectivity index (χ4v) is 3.91. The zero-order valence-electron chi connectivity index (χ0n) is 14.7. The van der Waals surface area contributed by atoms with Gasteiger partial charge in [0, 0.05) is 0 Å². The Morgan fingerprint density at radius 1 is 0.846 bits per heavy atom. The van der Waals surface area contributed by atoms with Crippen LogP contribution < -0.4 is 14.4 Å². The van der Waals surface area contributed by atoms with E-state index in [4.69, 9.17) is 9.47 Å². The molecule has 4 rings (SSSR count). The fraction of sp³-hybridized carbons (Fsp3) is 0.333. The zero-order chi connectivity index (χ0) is 18.1. The molecule has 1 heterocycles. The summed E-state index contributed by atoms with van der Waals surface area (Å²) in [5, 5.41) is 0. The maximum atomic E-state index is 12.7. The Labute approximate surface area is 152 Å². The molecule has 0 spiro atoms. The van der Waals surface area contributed by atoms with Gasteiger partial charge in [0.2, 0.25) is 11.8 Å². The molecule has 5 heteroatoms. The van der Waals surface area contributed by atoms with Gasteiger partial charge >= 0.3 is 0 Å². The highest BCUT2D eigenvalue weighted by atomic mass is 16.5. The molecule has 1 aliphatic heterocycles. The first-order chi connectivity index (χ1) is 12.7. The van der Waals surface area contributed by atoms with Crippen LogP contribution in [0.4, 0.5) is 5.69 Å². The quantitative estimate of drug-likeness (QED) is 0.776. The molecule has 0 unspecified atom stereocenters. The number of amides is 2. The van der Waals surface area contributed by atoms with Crippen molar-refractivity contribution >= 4 is 17.5 Å². The zero-order valence-corrected chi connectivity index (χ0v) is 14.7. The van der Waals surface area contributed by atoms with E-state index in [2.05, 4.69) is 0 Å². The molecule has 2 aromatic rings. The molecule has 134 valence electrons. The van der Waals surface area contributed by atoms with E-state index in [1.165, 1.54) is 4.90 Å². The van der Waals surface area contributed by atoms with Crippen molar-refractivity contribution in [1.82, 2.24) is 0 Å². The van der Waals surface area contributed by atoms with Crippen LogP contribution in [0.1, 0.15) is 25.7 Å². The van der Waals surface area contributed by atoms with E-state index in [-0.39, 0.29) is 23.7 Å². The van der Waals surface area contributed by atoms with Crippen molar-refractivity contribution in [2.45, 2.75) is 25.7 Å². The van der Waals surface area contributed by atoms with Gasteiger partial charge in [-0.2, -0.15) is 0 Å². The molecule has 1 aliphatic carbocycles. The largest absolute Gasteiger partial charge is 0.493 e. The summed E-state index contributed by atoms with van der Waals surface area (Å²) in [6.45, 7) is 0. The molecule has 2 atom stereocenters. The molecule has 1 saturated carbocycles. The number of anilines is 1. The molecule has 2 aliphatic rings. The molecule has 0 radical (unpaired) electrons.